The highest BCUT2D eigenvalue weighted by Crippen LogP contribution is 2.43. The molecule has 1 heterocycles. The van der Waals surface area contributed by atoms with Gasteiger partial charge in [-0.1, -0.05) is 18.8 Å². The molecule has 0 bridgehead atoms. The van der Waals surface area contributed by atoms with Gasteiger partial charge in [-0.3, -0.25) is 35.3 Å². The molecule has 0 saturated carbocycles. The molecule has 1 aromatic carbocycles. The number of nitro groups is 3. The van der Waals surface area contributed by atoms with Crippen LogP contribution in [0.25, 0.3) is 0 Å². The Morgan fingerprint density at radius 1 is 1.04 bits per heavy atom. The topological polar surface area (TPSA) is 152 Å². The molecule has 0 radical (unpaired) electrons. The number of nitrogens with zero attached hydrogens (tertiary/aromatic N) is 4. The number of pyridine rings is 1. The highest BCUT2D eigenvalue weighted by molar-refractivity contribution is 5.66. The second-order valence-corrected chi connectivity index (χ2v) is 5.15. The van der Waals surface area contributed by atoms with Gasteiger partial charge in [0.05, 0.1) is 32.6 Å². The number of aromatic nitrogens is 1. The number of non-ortho nitro benzene ring substituents is 1. The molecule has 0 aliphatic rings. The maximum atomic E-state index is 11.3. The Balaban J connectivity index is 2.66. The van der Waals surface area contributed by atoms with Gasteiger partial charge in [0.25, 0.3) is 11.4 Å². The summed E-state index contributed by atoms with van der Waals surface area (Å²) in [6.07, 6.45) is 2.05. The van der Waals surface area contributed by atoms with Crippen molar-refractivity contribution in [2.45, 2.75) is 20.3 Å². The highest BCUT2D eigenvalue weighted by atomic mass is 16.6. The van der Waals surface area contributed by atoms with Crippen LogP contribution in [0.15, 0.2) is 24.4 Å². The van der Waals surface area contributed by atoms with Crippen LogP contribution in [0.2, 0.25) is 0 Å². The predicted molar refractivity (Wildman–Crippen MR) is 92.6 cm³/mol. The van der Waals surface area contributed by atoms with Crippen molar-refractivity contribution < 1.29 is 19.5 Å². The summed E-state index contributed by atoms with van der Waals surface area (Å²) >= 11 is 0. The molecule has 1 aromatic heterocycles. The molecule has 0 N–H and O–H groups in total. The summed E-state index contributed by atoms with van der Waals surface area (Å²) in [5.41, 5.74) is -1.84. The van der Waals surface area contributed by atoms with Crippen LogP contribution in [-0.2, 0) is 0 Å². The summed E-state index contributed by atoms with van der Waals surface area (Å²) in [4.78, 5) is 34.6. The van der Waals surface area contributed by atoms with Crippen LogP contribution >= 0.6 is 0 Å². The van der Waals surface area contributed by atoms with E-state index in [1.54, 1.807) is 0 Å². The Kier molecular flexibility index (Phi) is 5.62. The van der Waals surface area contributed by atoms with Gasteiger partial charge in [0.15, 0.2) is 5.75 Å². The fourth-order valence-electron chi connectivity index (χ4n) is 2.05. The molecule has 0 fully saturated rings. The first-order valence-corrected chi connectivity index (χ1v) is 7.49. The summed E-state index contributed by atoms with van der Waals surface area (Å²) in [6, 6.07) is 2.64. The van der Waals surface area contributed by atoms with E-state index in [0.29, 0.717) is 29.8 Å². The van der Waals surface area contributed by atoms with Crippen molar-refractivity contribution in [2.24, 2.45) is 0 Å². The van der Waals surface area contributed by atoms with Crippen molar-refractivity contribution in [1.29, 1.82) is 0 Å². The lowest BCUT2D eigenvalue weighted by molar-refractivity contribution is -0.404. The van der Waals surface area contributed by atoms with Crippen LogP contribution in [0.1, 0.15) is 24.6 Å². The summed E-state index contributed by atoms with van der Waals surface area (Å²) in [6.45, 7) is 3.38. The zero-order chi connectivity index (χ0) is 20.1. The first-order valence-electron chi connectivity index (χ1n) is 7.49. The van der Waals surface area contributed by atoms with E-state index in [1.165, 1.54) is 19.2 Å². The molecule has 2 rings (SSSR count). The largest absolute Gasteiger partial charge is 0.442 e. The van der Waals surface area contributed by atoms with Crippen molar-refractivity contribution in [1.82, 2.24) is 4.98 Å². The van der Waals surface area contributed by atoms with Crippen LogP contribution in [0.5, 0.6) is 11.5 Å². The third kappa shape index (κ3) is 4.31. The molecule has 0 atom stereocenters. The van der Waals surface area contributed by atoms with Gasteiger partial charge in [0, 0.05) is 18.2 Å². The minimum Gasteiger partial charge on any atom is -0.442 e. The summed E-state index contributed by atoms with van der Waals surface area (Å²) in [5, 5.41) is 33.5. The molecule has 138 valence electrons. The van der Waals surface area contributed by atoms with Crippen molar-refractivity contribution >= 4 is 17.1 Å². The lowest BCUT2D eigenvalue weighted by atomic mass is 10.2. The van der Waals surface area contributed by atoms with Gasteiger partial charge in [-0.05, 0) is 13.0 Å². The molecular weight excluding hydrogens is 360 g/mol. The Morgan fingerprint density at radius 3 is 2.11 bits per heavy atom. The molecular formula is C16H12N4O7. The van der Waals surface area contributed by atoms with Gasteiger partial charge < -0.3 is 4.74 Å². The smallest absolute Gasteiger partial charge is 0.325 e. The van der Waals surface area contributed by atoms with Crippen molar-refractivity contribution in [2.75, 3.05) is 0 Å². The summed E-state index contributed by atoms with van der Waals surface area (Å²) in [5.74, 6) is 4.91. The molecule has 0 saturated heterocycles. The quantitative estimate of drug-likeness (QED) is 0.438. The fourth-order valence-corrected chi connectivity index (χ4v) is 2.05. The molecule has 0 aliphatic carbocycles. The van der Waals surface area contributed by atoms with Gasteiger partial charge >= 0.3 is 11.4 Å². The van der Waals surface area contributed by atoms with E-state index >= 15 is 0 Å². The Morgan fingerprint density at radius 2 is 1.63 bits per heavy atom. The molecule has 0 amide bonds. The van der Waals surface area contributed by atoms with E-state index in [1.807, 2.05) is 6.92 Å². The Labute approximate surface area is 152 Å². The maximum Gasteiger partial charge on any atom is 0.325 e. The number of hydrogen-bond donors (Lipinski definition) is 0. The minimum absolute atomic E-state index is 0.0120. The average Bonchev–Trinajstić information content (AvgIpc) is 2.61. The third-order valence-corrected chi connectivity index (χ3v) is 3.30. The van der Waals surface area contributed by atoms with Crippen molar-refractivity contribution in [3.63, 3.8) is 0 Å². The molecule has 27 heavy (non-hydrogen) atoms. The monoisotopic (exact) mass is 372 g/mol. The number of ether oxygens (including phenoxy) is 1. The van der Waals surface area contributed by atoms with E-state index in [2.05, 4.69) is 16.8 Å². The van der Waals surface area contributed by atoms with E-state index in [9.17, 15) is 30.3 Å². The first kappa shape index (κ1) is 19.3. The van der Waals surface area contributed by atoms with Crippen LogP contribution in [0.4, 0.5) is 17.1 Å². The average molecular weight is 372 g/mol. The van der Waals surface area contributed by atoms with Gasteiger partial charge in [-0.2, -0.15) is 0 Å². The summed E-state index contributed by atoms with van der Waals surface area (Å²) < 4.78 is 5.41. The number of aryl methyl sites for hydroxylation is 1. The van der Waals surface area contributed by atoms with Gasteiger partial charge in [-0.25, -0.2) is 0 Å². The fraction of sp³-hybridized carbons (Fsp3) is 0.188. The van der Waals surface area contributed by atoms with Crippen LogP contribution in [0, 0.1) is 49.1 Å². The number of rotatable bonds is 5. The van der Waals surface area contributed by atoms with E-state index in [4.69, 9.17) is 4.74 Å². The first-order chi connectivity index (χ1) is 12.7. The van der Waals surface area contributed by atoms with E-state index in [-0.39, 0.29) is 5.75 Å². The zero-order valence-electron chi connectivity index (χ0n) is 14.2. The number of hydrogen-bond acceptors (Lipinski definition) is 8. The van der Waals surface area contributed by atoms with Crippen molar-refractivity contribution in [3.8, 4) is 23.3 Å². The maximum absolute atomic E-state index is 11.3. The second kappa shape index (κ2) is 7.87. The number of nitro benzene ring substituents is 3. The Bertz CT molecular complexity index is 973. The van der Waals surface area contributed by atoms with Crippen LogP contribution in [-0.4, -0.2) is 19.8 Å². The molecule has 11 nitrogen and oxygen atoms in total. The standard InChI is InChI=1S/C16H12N4O7/c1-3-4-5-11-6-15(10(2)17-9-11)27-16-13(19(23)24)7-12(18(21)22)8-14(16)20(25)26/h6-9H,3H2,1-2H3. The Hall–Kier alpha value is -4.07. The molecule has 2 aromatic rings. The summed E-state index contributed by atoms with van der Waals surface area (Å²) in [7, 11) is 0. The SMILES string of the molecule is CCC#Cc1cnc(C)c(Oc2c([N+](=O)[O-])cc([N+](=O)[O-])cc2[N+](=O)[O-])c1. The lowest BCUT2D eigenvalue weighted by Gasteiger charge is -2.09. The van der Waals surface area contributed by atoms with Crippen molar-refractivity contribution in [3.05, 3.63) is 66.0 Å². The van der Waals surface area contributed by atoms with E-state index < -0.39 is 37.6 Å². The highest BCUT2D eigenvalue weighted by Gasteiger charge is 2.33. The van der Waals surface area contributed by atoms with E-state index in [0.717, 1.165) is 0 Å². The molecule has 0 aliphatic heterocycles. The van der Waals surface area contributed by atoms with Crippen LogP contribution < -0.4 is 4.74 Å². The van der Waals surface area contributed by atoms with Gasteiger partial charge in [0.1, 0.15) is 0 Å². The zero-order valence-corrected chi connectivity index (χ0v) is 14.2. The molecule has 0 unspecified atom stereocenters. The normalized spacial score (nSPS) is 9.85. The lowest BCUT2D eigenvalue weighted by Crippen LogP contribution is -2.02. The van der Waals surface area contributed by atoms with Crippen LogP contribution in [0.3, 0.4) is 0 Å². The van der Waals surface area contributed by atoms with Gasteiger partial charge in [0.2, 0.25) is 0 Å². The molecule has 11 heteroatoms. The minimum atomic E-state index is -0.987. The third-order valence-electron chi connectivity index (χ3n) is 3.30. The second-order valence-electron chi connectivity index (χ2n) is 5.15. The van der Waals surface area contributed by atoms with Gasteiger partial charge in [-0.15, -0.1) is 0 Å². The molecule has 0 spiro atoms. The number of benzene rings is 1. The predicted octanol–water partition coefficient (Wildman–Crippen LogP) is 3.67.